The van der Waals surface area contributed by atoms with Crippen molar-refractivity contribution in [2.45, 2.75) is 89.6 Å². The monoisotopic (exact) mass is 581 g/mol. The van der Waals surface area contributed by atoms with E-state index in [1.54, 1.807) is 0 Å². The smallest absolute Gasteiger partial charge is 0.399 e. The van der Waals surface area contributed by atoms with Gasteiger partial charge < -0.3 is 18.6 Å². The highest BCUT2D eigenvalue weighted by atomic mass is 16.7. The SMILES string of the molecule is CC1(C)OB(c2cc3c(cc2C#N)C2c4cc(C#N)ccc4C3c3cc(B4OC(C)(C)C(C)(C)O4)c(C#N)cc32)OC1(C)C. The lowest BCUT2D eigenvalue weighted by Gasteiger charge is -2.43. The molecular formula is C35H33B2N3O4. The maximum Gasteiger partial charge on any atom is 0.496 e. The van der Waals surface area contributed by atoms with E-state index in [9.17, 15) is 15.8 Å². The van der Waals surface area contributed by atoms with Gasteiger partial charge in [0.05, 0.1) is 57.3 Å². The minimum atomic E-state index is -0.693. The Morgan fingerprint density at radius 1 is 0.500 bits per heavy atom. The fourth-order valence-corrected chi connectivity index (χ4v) is 6.99. The molecule has 2 heterocycles. The number of hydrogen-bond donors (Lipinski definition) is 0. The molecule has 0 atom stereocenters. The highest BCUT2D eigenvalue weighted by Crippen LogP contribution is 2.56. The Bertz CT molecular complexity index is 1770. The molecule has 2 fully saturated rings. The number of hydrogen-bond acceptors (Lipinski definition) is 7. The maximum atomic E-state index is 10.3. The van der Waals surface area contributed by atoms with E-state index < -0.39 is 36.6 Å². The zero-order valence-electron chi connectivity index (χ0n) is 26.3. The zero-order chi connectivity index (χ0) is 31.6. The average Bonchev–Trinajstić information content (AvgIpc) is 3.33. The van der Waals surface area contributed by atoms with Crippen molar-refractivity contribution in [3.05, 3.63) is 92.5 Å². The van der Waals surface area contributed by atoms with Crippen LogP contribution in [0.15, 0.2) is 42.5 Å². The van der Waals surface area contributed by atoms with Gasteiger partial charge in [0.25, 0.3) is 0 Å². The maximum absolute atomic E-state index is 10.3. The normalized spacial score (nSPS) is 24.1. The molecule has 3 aromatic carbocycles. The van der Waals surface area contributed by atoms with Crippen LogP contribution in [-0.2, 0) is 18.6 Å². The van der Waals surface area contributed by atoms with Crippen LogP contribution in [0.4, 0.5) is 0 Å². The van der Waals surface area contributed by atoms with Gasteiger partial charge in [0.2, 0.25) is 0 Å². The third-order valence-corrected chi connectivity index (χ3v) is 10.8. The molecule has 7 nitrogen and oxygen atoms in total. The first-order valence-corrected chi connectivity index (χ1v) is 15.0. The molecule has 0 radical (unpaired) electrons. The summed E-state index contributed by atoms with van der Waals surface area (Å²) >= 11 is 0. The van der Waals surface area contributed by atoms with E-state index in [1.807, 2.05) is 85.7 Å². The second kappa shape index (κ2) is 9.07. The lowest BCUT2D eigenvalue weighted by atomic mass is 9.58. The Morgan fingerprint density at radius 2 is 0.864 bits per heavy atom. The van der Waals surface area contributed by atoms with Crippen LogP contribution in [0.1, 0.15) is 117 Å². The molecule has 2 saturated heterocycles. The Morgan fingerprint density at radius 3 is 1.25 bits per heavy atom. The van der Waals surface area contributed by atoms with Crippen LogP contribution in [0, 0.1) is 34.0 Å². The molecule has 0 aromatic heterocycles. The molecule has 2 bridgehead atoms. The first kappa shape index (κ1) is 28.8. The molecule has 3 aliphatic carbocycles. The fourth-order valence-electron chi connectivity index (χ4n) is 6.99. The van der Waals surface area contributed by atoms with E-state index in [0.29, 0.717) is 27.6 Å². The summed E-state index contributed by atoms with van der Waals surface area (Å²) < 4.78 is 25.6. The molecule has 0 saturated carbocycles. The summed E-state index contributed by atoms with van der Waals surface area (Å²) in [5.41, 5.74) is 6.96. The third-order valence-electron chi connectivity index (χ3n) is 10.8. The van der Waals surface area contributed by atoms with E-state index in [4.69, 9.17) is 18.6 Å². The van der Waals surface area contributed by atoms with Crippen LogP contribution < -0.4 is 10.9 Å². The van der Waals surface area contributed by atoms with Crippen LogP contribution in [0.2, 0.25) is 0 Å². The van der Waals surface area contributed by atoms with Gasteiger partial charge in [-0.25, -0.2) is 0 Å². The van der Waals surface area contributed by atoms with Gasteiger partial charge in [-0.15, -0.1) is 0 Å². The predicted molar refractivity (Wildman–Crippen MR) is 167 cm³/mol. The Labute approximate surface area is 259 Å². The summed E-state index contributed by atoms with van der Waals surface area (Å²) in [7, 11) is -1.39. The number of nitriles is 3. The van der Waals surface area contributed by atoms with Crippen molar-refractivity contribution in [3.8, 4) is 18.2 Å². The Balaban J connectivity index is 1.44. The van der Waals surface area contributed by atoms with Gasteiger partial charge in [-0.3, -0.25) is 0 Å². The molecule has 0 unspecified atom stereocenters. The first-order chi connectivity index (χ1) is 20.6. The zero-order valence-corrected chi connectivity index (χ0v) is 26.3. The van der Waals surface area contributed by atoms with Crippen molar-refractivity contribution < 1.29 is 18.6 Å². The third kappa shape index (κ3) is 3.82. The van der Waals surface area contributed by atoms with Gasteiger partial charge in [0.1, 0.15) is 0 Å². The molecule has 44 heavy (non-hydrogen) atoms. The van der Waals surface area contributed by atoms with Crippen molar-refractivity contribution in [2.24, 2.45) is 0 Å². The summed E-state index contributed by atoms with van der Waals surface area (Å²) in [6.07, 6.45) is 0. The molecule has 5 aliphatic rings. The summed E-state index contributed by atoms with van der Waals surface area (Å²) in [5, 5.41) is 30.4. The summed E-state index contributed by atoms with van der Waals surface area (Å²) in [5.74, 6) is -0.456. The summed E-state index contributed by atoms with van der Waals surface area (Å²) in [6.45, 7) is 16.0. The van der Waals surface area contributed by atoms with Crippen LogP contribution in [-0.4, -0.2) is 36.6 Å². The molecular weight excluding hydrogens is 548 g/mol. The molecule has 0 amide bonds. The van der Waals surface area contributed by atoms with Gasteiger partial charge in [-0.2, -0.15) is 15.8 Å². The molecule has 218 valence electrons. The van der Waals surface area contributed by atoms with Crippen molar-refractivity contribution in [1.29, 1.82) is 15.8 Å². The first-order valence-electron chi connectivity index (χ1n) is 15.0. The second-order valence-electron chi connectivity index (χ2n) is 14.4. The van der Waals surface area contributed by atoms with Crippen LogP contribution in [0.25, 0.3) is 0 Å². The average molecular weight is 581 g/mol. The number of nitrogens with zero attached hydrogens (tertiary/aromatic N) is 3. The van der Waals surface area contributed by atoms with Crippen LogP contribution >= 0.6 is 0 Å². The second-order valence-corrected chi connectivity index (χ2v) is 14.4. The molecule has 0 N–H and O–H groups in total. The van der Waals surface area contributed by atoms with Gasteiger partial charge in [-0.05, 0) is 113 Å². The highest BCUT2D eigenvalue weighted by molar-refractivity contribution is 6.63. The van der Waals surface area contributed by atoms with Gasteiger partial charge in [-0.1, -0.05) is 18.2 Å². The standard InChI is InChI=1S/C35H33B2N3O4/c1-32(2)33(3,4)42-36(41-32)28-14-26-24(12-20(28)17-39)31-23-11-19(16-38)9-10-22(23)30(26)27-15-29(21(18-40)13-25(27)31)37-43-34(5,6)35(7,8)44-37/h9-15,30-31H,1-8H3. The lowest BCUT2D eigenvalue weighted by Crippen LogP contribution is -2.41. The van der Waals surface area contributed by atoms with Crippen molar-refractivity contribution in [3.63, 3.8) is 0 Å². The Kier molecular flexibility index (Phi) is 5.95. The minimum Gasteiger partial charge on any atom is -0.399 e. The van der Waals surface area contributed by atoms with Gasteiger partial charge in [0, 0.05) is 22.8 Å². The largest absolute Gasteiger partial charge is 0.496 e. The molecule has 3 aromatic rings. The topological polar surface area (TPSA) is 108 Å². The Hall–Kier alpha value is -3.90. The van der Waals surface area contributed by atoms with E-state index in [2.05, 4.69) is 30.3 Å². The molecule has 0 spiro atoms. The fraction of sp³-hybridized carbons (Fsp3) is 0.400. The van der Waals surface area contributed by atoms with E-state index in [-0.39, 0.29) is 11.8 Å². The summed E-state index contributed by atoms with van der Waals surface area (Å²) in [4.78, 5) is 0. The van der Waals surface area contributed by atoms with E-state index >= 15 is 0 Å². The molecule has 2 aliphatic heterocycles. The van der Waals surface area contributed by atoms with Crippen molar-refractivity contribution >= 4 is 25.2 Å². The van der Waals surface area contributed by atoms with Gasteiger partial charge in [0.15, 0.2) is 0 Å². The van der Waals surface area contributed by atoms with Crippen molar-refractivity contribution in [1.82, 2.24) is 0 Å². The molecule has 8 rings (SSSR count). The minimum absolute atomic E-state index is 0.199. The number of rotatable bonds is 2. The van der Waals surface area contributed by atoms with Crippen LogP contribution in [0.5, 0.6) is 0 Å². The van der Waals surface area contributed by atoms with Crippen LogP contribution in [0.3, 0.4) is 0 Å². The highest BCUT2D eigenvalue weighted by Gasteiger charge is 2.55. The van der Waals surface area contributed by atoms with E-state index in [1.165, 1.54) is 0 Å². The predicted octanol–water partition coefficient (Wildman–Crippen LogP) is 4.89. The quantitative estimate of drug-likeness (QED) is 0.274. The van der Waals surface area contributed by atoms with E-state index in [0.717, 1.165) is 33.4 Å². The molecule has 9 heteroatoms. The van der Waals surface area contributed by atoms with Crippen molar-refractivity contribution in [2.75, 3.05) is 0 Å². The summed E-state index contributed by atoms with van der Waals surface area (Å²) in [6, 6.07) is 21.0. The van der Waals surface area contributed by atoms with Gasteiger partial charge >= 0.3 is 14.2 Å². The number of benzene rings is 3. The lowest BCUT2D eigenvalue weighted by molar-refractivity contribution is 0.00578.